The average Bonchev–Trinajstić information content (AvgIpc) is 2.70. The van der Waals surface area contributed by atoms with Crippen molar-refractivity contribution < 1.29 is 14.7 Å². The first-order chi connectivity index (χ1) is 13.1. The molecule has 0 saturated heterocycles. The van der Waals surface area contributed by atoms with Gasteiger partial charge in [-0.25, -0.2) is 0 Å². The van der Waals surface area contributed by atoms with Gasteiger partial charge in [0.2, 0.25) is 5.91 Å². The third kappa shape index (κ3) is 4.76. The Morgan fingerprint density at radius 1 is 0.852 bits per heavy atom. The SMILES string of the molecule is CC(NC(=O)C1CCC(C(=O)O)CC1)C(c1ccccc1)c1ccccc1. The van der Waals surface area contributed by atoms with Crippen LogP contribution in [0.4, 0.5) is 0 Å². The van der Waals surface area contributed by atoms with Gasteiger partial charge in [-0.3, -0.25) is 9.59 Å². The molecule has 4 nitrogen and oxygen atoms in total. The summed E-state index contributed by atoms with van der Waals surface area (Å²) in [6.45, 7) is 2.05. The topological polar surface area (TPSA) is 66.4 Å². The first-order valence-corrected chi connectivity index (χ1v) is 9.69. The fraction of sp³-hybridized carbons (Fsp3) is 0.391. The zero-order chi connectivity index (χ0) is 19.2. The van der Waals surface area contributed by atoms with Crippen LogP contribution in [0.25, 0.3) is 0 Å². The summed E-state index contributed by atoms with van der Waals surface area (Å²) in [5, 5.41) is 12.3. The molecule has 2 aromatic rings. The van der Waals surface area contributed by atoms with E-state index in [0.717, 1.165) is 0 Å². The molecule has 0 heterocycles. The molecular formula is C23H27NO3. The van der Waals surface area contributed by atoms with Crippen LogP contribution in [0.1, 0.15) is 49.7 Å². The summed E-state index contributed by atoms with van der Waals surface area (Å²) < 4.78 is 0. The van der Waals surface area contributed by atoms with Gasteiger partial charge in [-0.1, -0.05) is 60.7 Å². The number of rotatable bonds is 6. The van der Waals surface area contributed by atoms with Gasteiger partial charge < -0.3 is 10.4 Å². The molecule has 0 spiro atoms. The van der Waals surface area contributed by atoms with E-state index in [1.54, 1.807) is 0 Å². The Kier molecular flexibility index (Phi) is 6.28. The van der Waals surface area contributed by atoms with Crippen molar-refractivity contribution in [1.82, 2.24) is 5.32 Å². The molecule has 4 heteroatoms. The van der Waals surface area contributed by atoms with Crippen LogP contribution in [0.2, 0.25) is 0 Å². The van der Waals surface area contributed by atoms with Crippen molar-refractivity contribution in [2.45, 2.75) is 44.6 Å². The van der Waals surface area contributed by atoms with Crippen molar-refractivity contribution in [2.75, 3.05) is 0 Å². The third-order valence-electron chi connectivity index (χ3n) is 5.63. The Bertz CT molecular complexity index is 712. The highest BCUT2D eigenvalue weighted by Crippen LogP contribution is 2.31. The molecule has 2 aromatic carbocycles. The molecule has 1 atom stereocenters. The standard InChI is InChI=1S/C23H27NO3/c1-16(24-22(25)19-12-14-20(15-13-19)23(26)27)21(17-8-4-2-5-9-17)18-10-6-3-7-11-18/h2-11,16,19-21H,12-15H2,1H3,(H,24,25)(H,26,27). The number of amides is 1. The Balaban J connectivity index is 1.71. The fourth-order valence-electron chi connectivity index (χ4n) is 4.12. The molecule has 0 radical (unpaired) electrons. The minimum Gasteiger partial charge on any atom is -0.481 e. The van der Waals surface area contributed by atoms with Gasteiger partial charge >= 0.3 is 5.97 Å². The van der Waals surface area contributed by atoms with Crippen LogP contribution in [0.5, 0.6) is 0 Å². The van der Waals surface area contributed by atoms with Gasteiger partial charge in [-0.05, 0) is 43.7 Å². The van der Waals surface area contributed by atoms with Gasteiger partial charge in [-0.2, -0.15) is 0 Å². The first kappa shape index (κ1) is 19.2. The minimum atomic E-state index is -0.740. The van der Waals surface area contributed by atoms with E-state index in [1.165, 1.54) is 11.1 Å². The van der Waals surface area contributed by atoms with Crippen molar-refractivity contribution in [3.05, 3.63) is 71.8 Å². The van der Waals surface area contributed by atoms with E-state index in [0.29, 0.717) is 25.7 Å². The molecule has 3 rings (SSSR count). The Morgan fingerprint density at radius 2 is 1.30 bits per heavy atom. The van der Waals surface area contributed by atoms with E-state index in [1.807, 2.05) is 43.3 Å². The normalized spacial score (nSPS) is 20.8. The lowest BCUT2D eigenvalue weighted by atomic mass is 9.81. The van der Waals surface area contributed by atoms with Gasteiger partial charge in [0.15, 0.2) is 0 Å². The smallest absolute Gasteiger partial charge is 0.306 e. The summed E-state index contributed by atoms with van der Waals surface area (Å²) in [7, 11) is 0. The van der Waals surface area contributed by atoms with Gasteiger partial charge in [0, 0.05) is 17.9 Å². The van der Waals surface area contributed by atoms with Crippen LogP contribution in [-0.4, -0.2) is 23.0 Å². The quantitative estimate of drug-likeness (QED) is 0.806. The van der Waals surface area contributed by atoms with Crippen molar-refractivity contribution in [1.29, 1.82) is 0 Å². The molecule has 142 valence electrons. The van der Waals surface area contributed by atoms with Crippen LogP contribution in [0.15, 0.2) is 60.7 Å². The van der Waals surface area contributed by atoms with Crippen LogP contribution in [0.3, 0.4) is 0 Å². The van der Waals surface area contributed by atoms with E-state index < -0.39 is 5.97 Å². The molecule has 1 saturated carbocycles. The van der Waals surface area contributed by atoms with E-state index in [-0.39, 0.29) is 29.7 Å². The number of hydrogen-bond acceptors (Lipinski definition) is 2. The predicted molar refractivity (Wildman–Crippen MR) is 105 cm³/mol. The lowest BCUT2D eigenvalue weighted by Gasteiger charge is -2.30. The number of carbonyl (C=O) groups excluding carboxylic acids is 1. The van der Waals surface area contributed by atoms with Crippen molar-refractivity contribution in [2.24, 2.45) is 11.8 Å². The average molecular weight is 365 g/mol. The van der Waals surface area contributed by atoms with Crippen LogP contribution < -0.4 is 5.32 Å². The van der Waals surface area contributed by atoms with Crippen molar-refractivity contribution in [3.8, 4) is 0 Å². The molecule has 2 N–H and O–H groups in total. The number of carboxylic acid groups (broad SMARTS) is 1. The number of nitrogens with one attached hydrogen (secondary N) is 1. The van der Waals surface area contributed by atoms with E-state index in [2.05, 4.69) is 29.6 Å². The summed E-state index contributed by atoms with van der Waals surface area (Å²) in [5.74, 6) is -1.01. The number of hydrogen-bond donors (Lipinski definition) is 2. The maximum atomic E-state index is 12.8. The Labute approximate surface area is 160 Å². The van der Waals surface area contributed by atoms with Gasteiger partial charge in [-0.15, -0.1) is 0 Å². The molecule has 1 unspecified atom stereocenters. The summed E-state index contributed by atoms with van der Waals surface area (Å²) in [5.41, 5.74) is 2.34. The Hall–Kier alpha value is -2.62. The van der Waals surface area contributed by atoms with Gasteiger partial charge in [0.05, 0.1) is 5.92 Å². The largest absolute Gasteiger partial charge is 0.481 e. The zero-order valence-corrected chi connectivity index (χ0v) is 15.7. The van der Waals surface area contributed by atoms with Gasteiger partial charge in [0.25, 0.3) is 0 Å². The van der Waals surface area contributed by atoms with E-state index in [4.69, 9.17) is 5.11 Å². The highest BCUT2D eigenvalue weighted by molar-refractivity contribution is 5.79. The summed E-state index contributed by atoms with van der Waals surface area (Å²) in [6, 6.07) is 20.4. The highest BCUT2D eigenvalue weighted by atomic mass is 16.4. The summed E-state index contributed by atoms with van der Waals surface area (Å²) >= 11 is 0. The lowest BCUT2D eigenvalue weighted by molar-refractivity contribution is -0.144. The molecule has 1 fully saturated rings. The Morgan fingerprint density at radius 3 is 1.74 bits per heavy atom. The zero-order valence-electron chi connectivity index (χ0n) is 15.7. The second-order valence-electron chi connectivity index (χ2n) is 7.48. The number of aliphatic carboxylic acids is 1. The van der Waals surface area contributed by atoms with E-state index in [9.17, 15) is 9.59 Å². The molecule has 1 amide bonds. The summed E-state index contributed by atoms with van der Waals surface area (Å²) in [4.78, 5) is 23.9. The fourth-order valence-corrected chi connectivity index (χ4v) is 4.12. The molecule has 1 aliphatic rings. The molecule has 27 heavy (non-hydrogen) atoms. The van der Waals surface area contributed by atoms with Crippen molar-refractivity contribution >= 4 is 11.9 Å². The van der Waals surface area contributed by atoms with Gasteiger partial charge in [0.1, 0.15) is 0 Å². The minimum absolute atomic E-state index is 0.0446. The molecule has 0 aromatic heterocycles. The molecule has 0 bridgehead atoms. The molecule has 0 aliphatic heterocycles. The predicted octanol–water partition coefficient (Wildman–Crippen LogP) is 4.21. The van der Waals surface area contributed by atoms with Crippen LogP contribution >= 0.6 is 0 Å². The monoisotopic (exact) mass is 365 g/mol. The number of carbonyl (C=O) groups is 2. The maximum Gasteiger partial charge on any atom is 0.306 e. The molecular weight excluding hydrogens is 338 g/mol. The molecule has 1 aliphatic carbocycles. The second-order valence-corrected chi connectivity index (χ2v) is 7.48. The lowest BCUT2D eigenvalue weighted by Crippen LogP contribution is -2.42. The first-order valence-electron chi connectivity index (χ1n) is 9.69. The third-order valence-corrected chi connectivity index (χ3v) is 5.63. The number of benzene rings is 2. The number of carboxylic acids is 1. The van der Waals surface area contributed by atoms with Crippen LogP contribution in [-0.2, 0) is 9.59 Å². The summed E-state index contributed by atoms with van der Waals surface area (Å²) in [6.07, 6.45) is 2.47. The second kappa shape index (κ2) is 8.85. The van der Waals surface area contributed by atoms with E-state index >= 15 is 0 Å². The van der Waals surface area contributed by atoms with Crippen molar-refractivity contribution in [3.63, 3.8) is 0 Å². The van der Waals surface area contributed by atoms with Crippen LogP contribution in [0, 0.1) is 11.8 Å². The maximum absolute atomic E-state index is 12.8. The highest BCUT2D eigenvalue weighted by Gasteiger charge is 2.31.